The van der Waals surface area contributed by atoms with Crippen molar-refractivity contribution >= 4 is 23.2 Å². The standard InChI is InChI=1S/C22H26N2O2/c1-5-16-6-8-17(9-7-16)23-21(25)18-12-19(18)22(26)24-20-14(3)10-13(2)11-15(20)4/h6-11,18-19H,5,12H2,1-4H3,(H,23,25)(H,24,26). The number of rotatable bonds is 5. The molecule has 2 aromatic carbocycles. The second-order valence-electron chi connectivity index (χ2n) is 7.25. The Kier molecular flexibility index (Phi) is 5.12. The van der Waals surface area contributed by atoms with E-state index in [-0.39, 0.29) is 23.7 Å². The minimum absolute atomic E-state index is 0.0680. The summed E-state index contributed by atoms with van der Waals surface area (Å²) in [6.07, 6.45) is 1.58. The van der Waals surface area contributed by atoms with Gasteiger partial charge in [-0.2, -0.15) is 0 Å². The van der Waals surface area contributed by atoms with E-state index in [0.29, 0.717) is 6.42 Å². The number of anilines is 2. The number of benzene rings is 2. The van der Waals surface area contributed by atoms with E-state index in [1.54, 1.807) is 0 Å². The van der Waals surface area contributed by atoms with Crippen molar-refractivity contribution in [2.24, 2.45) is 11.8 Å². The third-order valence-electron chi connectivity index (χ3n) is 5.02. The molecule has 136 valence electrons. The van der Waals surface area contributed by atoms with Gasteiger partial charge in [-0.25, -0.2) is 0 Å². The number of nitrogens with one attached hydrogen (secondary N) is 2. The second-order valence-corrected chi connectivity index (χ2v) is 7.25. The maximum Gasteiger partial charge on any atom is 0.228 e. The van der Waals surface area contributed by atoms with Crippen LogP contribution in [-0.4, -0.2) is 11.8 Å². The molecular weight excluding hydrogens is 324 g/mol. The van der Waals surface area contributed by atoms with Crippen molar-refractivity contribution in [2.75, 3.05) is 10.6 Å². The highest BCUT2D eigenvalue weighted by Gasteiger charge is 2.48. The molecule has 1 aliphatic carbocycles. The van der Waals surface area contributed by atoms with Gasteiger partial charge in [0.25, 0.3) is 0 Å². The van der Waals surface area contributed by atoms with Crippen molar-refractivity contribution in [3.63, 3.8) is 0 Å². The van der Waals surface area contributed by atoms with Gasteiger partial charge < -0.3 is 10.6 Å². The number of hydrogen-bond acceptors (Lipinski definition) is 2. The molecule has 3 rings (SSSR count). The Morgan fingerprint density at radius 2 is 1.46 bits per heavy atom. The van der Waals surface area contributed by atoms with Gasteiger partial charge in [0.15, 0.2) is 0 Å². The average Bonchev–Trinajstić information content (AvgIpc) is 3.39. The van der Waals surface area contributed by atoms with Crippen LogP contribution in [0.5, 0.6) is 0 Å². The zero-order valence-electron chi connectivity index (χ0n) is 15.8. The predicted octanol–water partition coefficient (Wildman–Crippen LogP) is 4.39. The van der Waals surface area contributed by atoms with Crippen LogP contribution in [0.1, 0.15) is 35.6 Å². The molecule has 0 heterocycles. The second kappa shape index (κ2) is 7.32. The van der Waals surface area contributed by atoms with Gasteiger partial charge in [0.2, 0.25) is 11.8 Å². The number of amides is 2. The molecule has 2 aromatic rings. The molecule has 2 amide bonds. The van der Waals surface area contributed by atoms with E-state index in [2.05, 4.69) is 29.7 Å². The van der Waals surface area contributed by atoms with Gasteiger partial charge >= 0.3 is 0 Å². The summed E-state index contributed by atoms with van der Waals surface area (Å²) in [5.41, 5.74) is 6.15. The first-order valence-electron chi connectivity index (χ1n) is 9.17. The summed E-state index contributed by atoms with van der Waals surface area (Å²) in [4.78, 5) is 24.9. The zero-order chi connectivity index (χ0) is 18.8. The monoisotopic (exact) mass is 350 g/mol. The van der Waals surface area contributed by atoms with Crippen molar-refractivity contribution in [3.8, 4) is 0 Å². The van der Waals surface area contributed by atoms with Crippen LogP contribution in [0.4, 0.5) is 11.4 Å². The third-order valence-corrected chi connectivity index (χ3v) is 5.02. The van der Waals surface area contributed by atoms with Crippen molar-refractivity contribution < 1.29 is 9.59 Å². The maximum absolute atomic E-state index is 12.5. The van der Waals surface area contributed by atoms with Gasteiger partial charge in [-0.3, -0.25) is 9.59 Å². The van der Waals surface area contributed by atoms with Crippen LogP contribution in [0.3, 0.4) is 0 Å². The van der Waals surface area contributed by atoms with Crippen molar-refractivity contribution in [2.45, 2.75) is 40.5 Å². The summed E-state index contributed by atoms with van der Waals surface area (Å²) >= 11 is 0. The van der Waals surface area contributed by atoms with Crippen LogP contribution in [0.15, 0.2) is 36.4 Å². The quantitative estimate of drug-likeness (QED) is 0.840. The van der Waals surface area contributed by atoms with Crippen molar-refractivity contribution in [1.29, 1.82) is 0 Å². The van der Waals surface area contributed by atoms with Crippen LogP contribution >= 0.6 is 0 Å². The first-order valence-corrected chi connectivity index (χ1v) is 9.17. The minimum atomic E-state index is -0.245. The van der Waals surface area contributed by atoms with Gasteiger partial charge in [-0.1, -0.05) is 36.8 Å². The maximum atomic E-state index is 12.5. The lowest BCUT2D eigenvalue weighted by molar-refractivity contribution is -0.122. The molecule has 4 heteroatoms. The third kappa shape index (κ3) is 3.96. The predicted molar refractivity (Wildman–Crippen MR) is 105 cm³/mol. The fourth-order valence-corrected chi connectivity index (χ4v) is 3.43. The summed E-state index contributed by atoms with van der Waals surface area (Å²) < 4.78 is 0. The molecule has 1 aliphatic rings. The highest BCUT2D eigenvalue weighted by molar-refractivity contribution is 6.03. The Morgan fingerprint density at radius 1 is 0.923 bits per heavy atom. The summed E-state index contributed by atoms with van der Waals surface area (Å²) in [6.45, 7) is 8.12. The molecule has 4 nitrogen and oxygen atoms in total. The van der Waals surface area contributed by atoms with E-state index in [0.717, 1.165) is 28.9 Å². The molecule has 26 heavy (non-hydrogen) atoms. The normalized spacial score (nSPS) is 18.3. The molecule has 1 saturated carbocycles. The summed E-state index contributed by atoms with van der Waals surface area (Å²) in [5, 5.41) is 5.93. The van der Waals surface area contributed by atoms with Crippen LogP contribution in [-0.2, 0) is 16.0 Å². The van der Waals surface area contributed by atoms with Gasteiger partial charge in [-0.05, 0) is 62.4 Å². The highest BCUT2D eigenvalue weighted by Crippen LogP contribution is 2.40. The zero-order valence-corrected chi connectivity index (χ0v) is 15.8. The SMILES string of the molecule is CCc1ccc(NC(=O)C2CC2C(=O)Nc2c(C)cc(C)cc2C)cc1. The highest BCUT2D eigenvalue weighted by atomic mass is 16.2. The van der Waals surface area contributed by atoms with Crippen LogP contribution in [0.2, 0.25) is 0 Å². The van der Waals surface area contributed by atoms with Gasteiger partial charge in [-0.15, -0.1) is 0 Å². The lowest BCUT2D eigenvalue weighted by atomic mass is 10.0. The number of carbonyl (C=O) groups excluding carboxylic acids is 2. The first kappa shape index (κ1) is 18.2. The van der Waals surface area contributed by atoms with Crippen LogP contribution < -0.4 is 10.6 Å². The molecule has 2 N–H and O–H groups in total. The van der Waals surface area contributed by atoms with Crippen molar-refractivity contribution in [1.82, 2.24) is 0 Å². The van der Waals surface area contributed by atoms with Gasteiger partial charge in [0, 0.05) is 11.4 Å². The average molecular weight is 350 g/mol. The number of aryl methyl sites for hydroxylation is 4. The Hall–Kier alpha value is -2.62. The van der Waals surface area contributed by atoms with E-state index in [1.807, 2.05) is 45.0 Å². The van der Waals surface area contributed by atoms with Gasteiger partial charge in [0.1, 0.15) is 0 Å². The largest absolute Gasteiger partial charge is 0.326 e. The molecule has 0 aromatic heterocycles. The molecule has 2 unspecified atom stereocenters. The number of hydrogen-bond donors (Lipinski definition) is 2. The fraction of sp³-hybridized carbons (Fsp3) is 0.364. The summed E-state index contributed by atoms with van der Waals surface area (Å²) in [5.74, 6) is -0.634. The Bertz CT molecular complexity index is 817. The van der Waals surface area contributed by atoms with E-state index < -0.39 is 0 Å². The van der Waals surface area contributed by atoms with E-state index in [4.69, 9.17) is 0 Å². The van der Waals surface area contributed by atoms with E-state index >= 15 is 0 Å². The van der Waals surface area contributed by atoms with Crippen LogP contribution in [0.25, 0.3) is 0 Å². The van der Waals surface area contributed by atoms with Crippen molar-refractivity contribution in [3.05, 3.63) is 58.7 Å². The fourth-order valence-electron chi connectivity index (χ4n) is 3.43. The number of carbonyl (C=O) groups is 2. The smallest absolute Gasteiger partial charge is 0.228 e. The Balaban J connectivity index is 1.59. The van der Waals surface area contributed by atoms with Crippen LogP contribution in [0, 0.1) is 32.6 Å². The summed E-state index contributed by atoms with van der Waals surface area (Å²) in [7, 11) is 0. The summed E-state index contributed by atoms with van der Waals surface area (Å²) in [6, 6.07) is 11.9. The topological polar surface area (TPSA) is 58.2 Å². The van der Waals surface area contributed by atoms with Gasteiger partial charge in [0.05, 0.1) is 11.8 Å². The lowest BCUT2D eigenvalue weighted by Gasteiger charge is -2.13. The Morgan fingerprint density at radius 3 is 2.00 bits per heavy atom. The molecule has 0 radical (unpaired) electrons. The Labute approximate surface area is 155 Å². The lowest BCUT2D eigenvalue weighted by Crippen LogP contribution is -2.21. The molecular formula is C22H26N2O2. The molecule has 0 aliphatic heterocycles. The molecule has 0 saturated heterocycles. The molecule has 0 spiro atoms. The van der Waals surface area contributed by atoms with E-state index in [9.17, 15) is 9.59 Å². The molecule has 0 bridgehead atoms. The first-order chi connectivity index (χ1) is 12.4. The minimum Gasteiger partial charge on any atom is -0.326 e. The molecule has 2 atom stereocenters. The van der Waals surface area contributed by atoms with E-state index in [1.165, 1.54) is 11.1 Å². The molecule has 1 fully saturated rings.